The quantitative estimate of drug-likeness (QED) is 0.680. The van der Waals surface area contributed by atoms with Crippen molar-refractivity contribution in [1.82, 2.24) is 0 Å². The molecular formula is C19H16BrNO3. The monoisotopic (exact) mass is 385 g/mol. The molecule has 0 aliphatic rings. The maximum Gasteiger partial charge on any atom is 0.255 e. The van der Waals surface area contributed by atoms with Crippen molar-refractivity contribution < 1.29 is 14.3 Å². The van der Waals surface area contributed by atoms with Gasteiger partial charge in [0.2, 0.25) is 0 Å². The van der Waals surface area contributed by atoms with E-state index < -0.39 is 0 Å². The highest BCUT2D eigenvalue weighted by Crippen LogP contribution is 2.27. The van der Waals surface area contributed by atoms with Gasteiger partial charge < -0.3 is 14.8 Å². The second-order valence-corrected chi connectivity index (χ2v) is 6.33. The number of benzene rings is 2. The summed E-state index contributed by atoms with van der Waals surface area (Å²) in [6, 6.07) is 16.4. The molecule has 1 aromatic heterocycles. The van der Waals surface area contributed by atoms with Gasteiger partial charge in [0.05, 0.1) is 0 Å². The van der Waals surface area contributed by atoms with Gasteiger partial charge >= 0.3 is 0 Å². The molecule has 0 bridgehead atoms. The van der Waals surface area contributed by atoms with Crippen LogP contribution in [0.15, 0.2) is 63.5 Å². The molecule has 2 N–H and O–H groups in total. The number of rotatable bonds is 4. The van der Waals surface area contributed by atoms with E-state index in [1.54, 1.807) is 24.3 Å². The van der Waals surface area contributed by atoms with Crippen molar-refractivity contribution in [2.45, 2.75) is 13.5 Å². The van der Waals surface area contributed by atoms with E-state index in [2.05, 4.69) is 21.2 Å². The number of aliphatic hydroxyl groups is 1. The second-order valence-electron chi connectivity index (χ2n) is 5.41. The molecular weight excluding hydrogens is 370 g/mol. The molecule has 4 nitrogen and oxygen atoms in total. The van der Waals surface area contributed by atoms with Crippen LogP contribution in [0.4, 0.5) is 5.69 Å². The zero-order valence-electron chi connectivity index (χ0n) is 13.0. The van der Waals surface area contributed by atoms with Crippen molar-refractivity contribution in [3.05, 3.63) is 76.0 Å². The molecule has 1 amide bonds. The van der Waals surface area contributed by atoms with Crippen molar-refractivity contribution in [3.63, 3.8) is 0 Å². The molecule has 0 unspecified atom stereocenters. The Hall–Kier alpha value is -2.37. The molecule has 0 atom stereocenters. The van der Waals surface area contributed by atoms with Crippen molar-refractivity contribution in [2.24, 2.45) is 0 Å². The van der Waals surface area contributed by atoms with Crippen molar-refractivity contribution in [3.8, 4) is 11.3 Å². The molecule has 0 saturated carbocycles. The highest BCUT2D eigenvalue weighted by atomic mass is 79.9. The molecule has 2 aromatic carbocycles. The largest absolute Gasteiger partial charge is 0.459 e. The Morgan fingerprint density at radius 2 is 1.88 bits per heavy atom. The second kappa shape index (κ2) is 7.03. The predicted molar refractivity (Wildman–Crippen MR) is 96.9 cm³/mol. The maximum absolute atomic E-state index is 12.4. The highest BCUT2D eigenvalue weighted by Gasteiger charge is 2.11. The minimum Gasteiger partial charge on any atom is -0.459 e. The Bertz CT molecular complexity index is 869. The first-order chi connectivity index (χ1) is 11.6. The number of hydrogen-bond acceptors (Lipinski definition) is 3. The summed E-state index contributed by atoms with van der Waals surface area (Å²) >= 11 is 3.36. The Labute approximate surface area is 148 Å². The van der Waals surface area contributed by atoms with E-state index in [1.807, 2.05) is 37.3 Å². The molecule has 0 radical (unpaired) electrons. The van der Waals surface area contributed by atoms with Gasteiger partial charge in [-0.2, -0.15) is 0 Å². The minimum absolute atomic E-state index is 0.140. The number of anilines is 1. The van der Waals surface area contributed by atoms with Crippen LogP contribution < -0.4 is 5.32 Å². The van der Waals surface area contributed by atoms with Crippen molar-refractivity contribution in [1.29, 1.82) is 0 Å². The number of aryl methyl sites for hydroxylation is 1. The van der Waals surface area contributed by atoms with E-state index in [9.17, 15) is 4.79 Å². The number of nitrogens with one attached hydrogen (secondary N) is 1. The summed E-state index contributed by atoms with van der Waals surface area (Å²) < 4.78 is 6.47. The van der Waals surface area contributed by atoms with Gasteiger partial charge in [-0.25, -0.2) is 0 Å². The lowest BCUT2D eigenvalue weighted by Crippen LogP contribution is -2.12. The average Bonchev–Trinajstić information content (AvgIpc) is 3.06. The first kappa shape index (κ1) is 16.5. The zero-order valence-corrected chi connectivity index (χ0v) is 14.6. The Morgan fingerprint density at radius 3 is 2.54 bits per heavy atom. The summed E-state index contributed by atoms with van der Waals surface area (Å²) in [6.07, 6.45) is 0. The molecule has 3 aromatic rings. The number of hydrogen-bond donors (Lipinski definition) is 2. The molecule has 0 fully saturated rings. The summed E-state index contributed by atoms with van der Waals surface area (Å²) in [4.78, 5) is 12.4. The molecule has 1 heterocycles. The van der Waals surface area contributed by atoms with Crippen LogP contribution in [0.5, 0.6) is 0 Å². The SMILES string of the molecule is Cc1ccc(-c2ccc(CO)o2)cc1NC(=O)c1ccc(Br)cc1. The van der Waals surface area contributed by atoms with Crippen molar-refractivity contribution in [2.75, 3.05) is 5.32 Å². The lowest BCUT2D eigenvalue weighted by molar-refractivity contribution is 0.102. The van der Waals surface area contributed by atoms with Crippen LogP contribution in [-0.4, -0.2) is 11.0 Å². The molecule has 0 aliphatic heterocycles. The summed E-state index contributed by atoms with van der Waals surface area (Å²) in [5, 5.41) is 12.0. The van der Waals surface area contributed by atoms with E-state index in [4.69, 9.17) is 9.52 Å². The first-order valence-electron chi connectivity index (χ1n) is 7.44. The van der Waals surface area contributed by atoms with Gasteiger partial charge in [-0.3, -0.25) is 4.79 Å². The molecule has 3 rings (SSSR count). The van der Waals surface area contributed by atoms with Gasteiger partial charge in [-0.05, 0) is 55.0 Å². The van der Waals surface area contributed by atoms with E-state index >= 15 is 0 Å². The number of furan rings is 1. The molecule has 0 spiro atoms. The van der Waals surface area contributed by atoms with E-state index in [1.165, 1.54) is 0 Å². The highest BCUT2D eigenvalue weighted by molar-refractivity contribution is 9.10. The van der Waals surface area contributed by atoms with Gasteiger partial charge in [-0.15, -0.1) is 0 Å². The van der Waals surface area contributed by atoms with Crippen LogP contribution in [0, 0.1) is 6.92 Å². The smallest absolute Gasteiger partial charge is 0.255 e. The van der Waals surface area contributed by atoms with Crippen LogP contribution in [0.2, 0.25) is 0 Å². The standard InChI is InChI=1S/C19H16BrNO3/c1-12-2-3-14(18-9-8-16(11-22)24-18)10-17(12)21-19(23)13-4-6-15(20)7-5-13/h2-10,22H,11H2,1H3,(H,21,23). The number of carbonyl (C=O) groups excluding carboxylic acids is 1. The van der Waals surface area contributed by atoms with Crippen molar-refractivity contribution >= 4 is 27.5 Å². The third-order valence-electron chi connectivity index (χ3n) is 3.69. The number of carbonyl (C=O) groups is 1. The first-order valence-corrected chi connectivity index (χ1v) is 8.23. The predicted octanol–water partition coefficient (Wildman–Crippen LogP) is 4.76. The molecule has 122 valence electrons. The van der Waals surface area contributed by atoms with Crippen LogP contribution in [0.3, 0.4) is 0 Å². The van der Waals surface area contributed by atoms with E-state index in [-0.39, 0.29) is 12.5 Å². The summed E-state index contributed by atoms with van der Waals surface area (Å²) in [7, 11) is 0. The number of amides is 1. The summed E-state index contributed by atoms with van der Waals surface area (Å²) in [5.41, 5.74) is 3.11. The van der Waals surface area contributed by atoms with Gasteiger partial charge in [0.15, 0.2) is 0 Å². The van der Waals surface area contributed by atoms with E-state index in [0.717, 1.165) is 21.3 Å². The fourth-order valence-electron chi connectivity index (χ4n) is 2.32. The molecule has 0 aliphatic carbocycles. The number of halogens is 1. The topological polar surface area (TPSA) is 62.5 Å². The molecule has 0 saturated heterocycles. The zero-order chi connectivity index (χ0) is 17.1. The normalized spacial score (nSPS) is 10.6. The fraction of sp³-hybridized carbons (Fsp3) is 0.105. The Morgan fingerprint density at radius 1 is 1.12 bits per heavy atom. The lowest BCUT2D eigenvalue weighted by Gasteiger charge is -2.10. The fourth-order valence-corrected chi connectivity index (χ4v) is 2.59. The Kier molecular flexibility index (Phi) is 4.83. The molecule has 24 heavy (non-hydrogen) atoms. The van der Waals surface area contributed by atoms with Gasteiger partial charge in [0.25, 0.3) is 5.91 Å². The Balaban J connectivity index is 1.86. The van der Waals surface area contributed by atoms with Crippen LogP contribution in [-0.2, 0) is 6.61 Å². The minimum atomic E-state index is -0.168. The summed E-state index contributed by atoms with van der Waals surface area (Å²) in [6.45, 7) is 1.79. The van der Waals surface area contributed by atoms with Gasteiger partial charge in [-0.1, -0.05) is 28.1 Å². The average molecular weight is 386 g/mol. The molecule has 5 heteroatoms. The van der Waals surface area contributed by atoms with Gasteiger partial charge in [0.1, 0.15) is 18.1 Å². The third-order valence-corrected chi connectivity index (χ3v) is 4.22. The van der Waals surface area contributed by atoms with Crippen LogP contribution in [0.25, 0.3) is 11.3 Å². The van der Waals surface area contributed by atoms with Gasteiger partial charge in [0, 0.05) is 21.3 Å². The third kappa shape index (κ3) is 3.58. The maximum atomic E-state index is 12.4. The lowest BCUT2D eigenvalue weighted by atomic mass is 10.1. The van der Waals surface area contributed by atoms with E-state index in [0.29, 0.717) is 17.1 Å². The van der Waals surface area contributed by atoms with Crippen LogP contribution in [0.1, 0.15) is 21.7 Å². The summed E-state index contributed by atoms with van der Waals surface area (Å²) in [5.74, 6) is 0.988. The number of aliphatic hydroxyl groups excluding tert-OH is 1. The van der Waals surface area contributed by atoms with Crippen LogP contribution >= 0.6 is 15.9 Å².